The number of carbonyl (C=O) groups excluding carboxylic acids is 1. The van der Waals surface area contributed by atoms with Gasteiger partial charge in [0.25, 0.3) is 0 Å². The molecular weight excluding hydrogens is 395 g/mol. The minimum Gasteiger partial charge on any atom is -0.449 e. The number of sulfone groups is 1. The standard InChI is InChI=1S/C18H14ClFN2O4S/c1-12(23)26-11-27(24,25)16-8-6-15(7-9-16)22-10-21-18(19)17(22)13-2-4-14(20)5-3-13/h2-10H,11H2,1H3. The van der Waals surface area contributed by atoms with Crippen molar-refractivity contribution in [2.75, 3.05) is 5.94 Å². The van der Waals surface area contributed by atoms with Gasteiger partial charge in [-0.2, -0.15) is 0 Å². The van der Waals surface area contributed by atoms with Crippen LogP contribution in [0.5, 0.6) is 0 Å². The Labute approximate surface area is 160 Å². The molecule has 0 N–H and O–H groups in total. The normalized spacial score (nSPS) is 11.4. The number of ether oxygens (including phenoxy) is 1. The topological polar surface area (TPSA) is 78.3 Å². The fourth-order valence-corrected chi connectivity index (χ4v) is 3.68. The monoisotopic (exact) mass is 408 g/mol. The summed E-state index contributed by atoms with van der Waals surface area (Å²) in [6, 6.07) is 11.7. The molecule has 140 valence electrons. The van der Waals surface area contributed by atoms with Gasteiger partial charge in [-0.25, -0.2) is 17.8 Å². The van der Waals surface area contributed by atoms with E-state index in [9.17, 15) is 17.6 Å². The van der Waals surface area contributed by atoms with Gasteiger partial charge >= 0.3 is 5.97 Å². The summed E-state index contributed by atoms with van der Waals surface area (Å²) in [6.45, 7) is 1.14. The highest BCUT2D eigenvalue weighted by molar-refractivity contribution is 7.91. The molecule has 0 bridgehead atoms. The number of nitrogens with zero attached hydrogens (tertiary/aromatic N) is 2. The van der Waals surface area contributed by atoms with E-state index >= 15 is 0 Å². The van der Waals surface area contributed by atoms with Crippen LogP contribution in [0.3, 0.4) is 0 Å². The predicted octanol–water partition coefficient (Wildman–Crippen LogP) is 3.63. The highest BCUT2D eigenvalue weighted by Crippen LogP contribution is 2.30. The number of aromatic nitrogens is 2. The van der Waals surface area contributed by atoms with Gasteiger partial charge < -0.3 is 4.74 Å². The van der Waals surface area contributed by atoms with Crippen LogP contribution in [0.1, 0.15) is 6.92 Å². The minimum atomic E-state index is -3.75. The molecular formula is C18H14ClFN2O4S. The average Bonchev–Trinajstić information content (AvgIpc) is 3.02. The number of hydrogen-bond acceptors (Lipinski definition) is 5. The number of esters is 1. The van der Waals surface area contributed by atoms with E-state index in [-0.39, 0.29) is 15.9 Å². The van der Waals surface area contributed by atoms with E-state index in [1.807, 2.05) is 0 Å². The Morgan fingerprint density at radius 3 is 2.37 bits per heavy atom. The summed E-state index contributed by atoms with van der Waals surface area (Å²) in [6.07, 6.45) is 1.49. The third-order valence-electron chi connectivity index (χ3n) is 3.73. The van der Waals surface area contributed by atoms with Gasteiger partial charge in [0.2, 0.25) is 9.84 Å². The van der Waals surface area contributed by atoms with E-state index < -0.39 is 21.7 Å². The van der Waals surface area contributed by atoms with Gasteiger partial charge in [0.05, 0.1) is 10.6 Å². The van der Waals surface area contributed by atoms with Crippen LogP contribution in [-0.4, -0.2) is 29.9 Å². The Morgan fingerprint density at radius 2 is 1.78 bits per heavy atom. The summed E-state index contributed by atoms with van der Waals surface area (Å²) in [7, 11) is -3.75. The quantitative estimate of drug-likeness (QED) is 0.602. The molecule has 27 heavy (non-hydrogen) atoms. The lowest BCUT2D eigenvalue weighted by atomic mass is 10.1. The van der Waals surface area contributed by atoms with E-state index in [2.05, 4.69) is 9.72 Å². The maximum absolute atomic E-state index is 13.2. The van der Waals surface area contributed by atoms with Crippen molar-refractivity contribution < 1.29 is 22.3 Å². The first-order valence-corrected chi connectivity index (χ1v) is 9.76. The van der Waals surface area contributed by atoms with Crippen LogP contribution < -0.4 is 0 Å². The molecule has 0 radical (unpaired) electrons. The number of imidazole rings is 1. The van der Waals surface area contributed by atoms with E-state index in [0.717, 1.165) is 6.92 Å². The summed E-state index contributed by atoms with van der Waals surface area (Å²) in [5.41, 5.74) is 1.82. The first-order valence-electron chi connectivity index (χ1n) is 7.73. The van der Waals surface area contributed by atoms with Gasteiger partial charge in [-0.15, -0.1) is 0 Å². The maximum Gasteiger partial charge on any atom is 0.303 e. The molecule has 0 atom stereocenters. The average molecular weight is 409 g/mol. The van der Waals surface area contributed by atoms with Gasteiger partial charge in [-0.3, -0.25) is 9.36 Å². The molecule has 0 spiro atoms. The van der Waals surface area contributed by atoms with Crippen molar-refractivity contribution in [3.05, 3.63) is 65.8 Å². The second kappa shape index (κ2) is 7.50. The Kier molecular flexibility index (Phi) is 5.29. The van der Waals surface area contributed by atoms with Crippen LogP contribution in [0.15, 0.2) is 59.8 Å². The van der Waals surface area contributed by atoms with Crippen molar-refractivity contribution in [3.8, 4) is 16.9 Å². The highest BCUT2D eigenvalue weighted by Gasteiger charge is 2.18. The predicted molar refractivity (Wildman–Crippen MR) is 97.8 cm³/mol. The molecule has 2 aromatic carbocycles. The van der Waals surface area contributed by atoms with Crippen molar-refractivity contribution in [1.82, 2.24) is 9.55 Å². The van der Waals surface area contributed by atoms with Crippen LogP contribution in [-0.2, 0) is 19.4 Å². The number of halogens is 2. The zero-order valence-electron chi connectivity index (χ0n) is 14.1. The minimum absolute atomic E-state index is 0.0158. The highest BCUT2D eigenvalue weighted by atomic mass is 35.5. The third-order valence-corrected chi connectivity index (χ3v) is 5.43. The summed E-state index contributed by atoms with van der Waals surface area (Å²) in [5, 5.41) is 0.230. The summed E-state index contributed by atoms with van der Waals surface area (Å²) < 4.78 is 43.7. The van der Waals surface area contributed by atoms with Crippen LogP contribution in [0.4, 0.5) is 4.39 Å². The molecule has 0 saturated heterocycles. The Hall–Kier alpha value is -2.71. The van der Waals surface area contributed by atoms with E-state index in [1.165, 1.54) is 30.6 Å². The SMILES string of the molecule is CC(=O)OCS(=O)(=O)c1ccc(-n2cnc(Cl)c2-c2ccc(F)cc2)cc1. The smallest absolute Gasteiger partial charge is 0.303 e. The molecule has 0 aliphatic rings. The first-order chi connectivity index (χ1) is 12.8. The van der Waals surface area contributed by atoms with Crippen molar-refractivity contribution in [3.63, 3.8) is 0 Å². The van der Waals surface area contributed by atoms with Crippen molar-refractivity contribution in [1.29, 1.82) is 0 Å². The lowest BCUT2D eigenvalue weighted by Crippen LogP contribution is -2.12. The lowest BCUT2D eigenvalue weighted by molar-refractivity contribution is -0.138. The lowest BCUT2D eigenvalue weighted by Gasteiger charge is -2.10. The molecule has 0 aliphatic heterocycles. The zero-order valence-corrected chi connectivity index (χ0v) is 15.7. The molecule has 1 heterocycles. The van der Waals surface area contributed by atoms with Gasteiger partial charge in [-0.1, -0.05) is 11.6 Å². The summed E-state index contributed by atoms with van der Waals surface area (Å²) in [4.78, 5) is 14.9. The third kappa shape index (κ3) is 4.17. The fraction of sp³-hybridized carbons (Fsp3) is 0.111. The molecule has 3 rings (SSSR count). The number of carbonyl (C=O) groups is 1. The van der Waals surface area contributed by atoms with Crippen molar-refractivity contribution in [2.45, 2.75) is 11.8 Å². The van der Waals surface area contributed by atoms with Crippen LogP contribution in [0, 0.1) is 5.82 Å². The molecule has 0 aliphatic carbocycles. The molecule has 0 amide bonds. The summed E-state index contributed by atoms with van der Waals surface area (Å²) in [5.74, 6) is -1.77. The largest absolute Gasteiger partial charge is 0.449 e. The van der Waals surface area contributed by atoms with E-state index in [0.29, 0.717) is 16.9 Å². The number of benzene rings is 2. The second-order valence-electron chi connectivity index (χ2n) is 5.62. The van der Waals surface area contributed by atoms with Gasteiger partial charge in [0, 0.05) is 18.2 Å². The van der Waals surface area contributed by atoms with Crippen LogP contribution in [0.2, 0.25) is 5.15 Å². The van der Waals surface area contributed by atoms with Gasteiger partial charge in [0.15, 0.2) is 11.1 Å². The van der Waals surface area contributed by atoms with Crippen LogP contribution in [0.25, 0.3) is 16.9 Å². The van der Waals surface area contributed by atoms with E-state index in [4.69, 9.17) is 11.6 Å². The molecule has 9 heteroatoms. The Bertz CT molecular complexity index is 1080. The summed E-state index contributed by atoms with van der Waals surface area (Å²) >= 11 is 6.17. The maximum atomic E-state index is 13.2. The van der Waals surface area contributed by atoms with Crippen molar-refractivity contribution >= 4 is 27.4 Å². The van der Waals surface area contributed by atoms with E-state index in [1.54, 1.807) is 28.8 Å². The van der Waals surface area contributed by atoms with Crippen molar-refractivity contribution in [2.24, 2.45) is 0 Å². The molecule has 3 aromatic rings. The fourth-order valence-electron chi connectivity index (χ4n) is 2.43. The molecule has 0 unspecified atom stereocenters. The molecule has 0 fully saturated rings. The first kappa shape index (κ1) is 19.1. The molecule has 6 nitrogen and oxygen atoms in total. The number of hydrogen-bond donors (Lipinski definition) is 0. The van der Waals surface area contributed by atoms with Gasteiger partial charge in [0.1, 0.15) is 12.1 Å². The number of rotatable bonds is 5. The second-order valence-corrected chi connectivity index (χ2v) is 7.92. The Morgan fingerprint density at radius 1 is 1.15 bits per heavy atom. The zero-order chi connectivity index (χ0) is 19.6. The molecule has 0 saturated carbocycles. The van der Waals surface area contributed by atoms with Crippen LogP contribution >= 0.6 is 11.6 Å². The Balaban J connectivity index is 1.95. The molecule has 1 aromatic heterocycles. The van der Waals surface area contributed by atoms with Gasteiger partial charge in [-0.05, 0) is 48.5 Å².